The Kier molecular flexibility index (Phi) is 8.29. The van der Waals surface area contributed by atoms with Gasteiger partial charge in [0, 0.05) is 23.8 Å². The second-order valence-electron chi connectivity index (χ2n) is 7.67. The minimum atomic E-state index is -3.65. The van der Waals surface area contributed by atoms with Gasteiger partial charge < -0.3 is 10.1 Å². The molecule has 0 saturated heterocycles. The van der Waals surface area contributed by atoms with Gasteiger partial charge in [0.1, 0.15) is 5.75 Å². The Morgan fingerprint density at radius 2 is 1.73 bits per heavy atom. The molecule has 0 bridgehead atoms. The standard InChI is InChI=1S/C25H27BrN2O4S/c1-4-20-15-21(26)14-18(2)25(20)27-24(29)17-32-22-10-12-23(13-11-22)33(30,31)28(3)16-19-8-6-5-7-9-19/h5-15H,4,16-17H2,1-3H3,(H,27,29). The maximum atomic E-state index is 12.9. The van der Waals surface area contributed by atoms with Crippen molar-refractivity contribution in [1.82, 2.24) is 4.31 Å². The molecule has 0 unspecified atom stereocenters. The van der Waals surface area contributed by atoms with Gasteiger partial charge in [0.05, 0.1) is 4.90 Å². The van der Waals surface area contributed by atoms with Crippen LogP contribution >= 0.6 is 15.9 Å². The number of ether oxygens (including phenoxy) is 1. The second kappa shape index (κ2) is 11.0. The van der Waals surface area contributed by atoms with Gasteiger partial charge >= 0.3 is 0 Å². The topological polar surface area (TPSA) is 75.7 Å². The summed E-state index contributed by atoms with van der Waals surface area (Å²) >= 11 is 3.48. The summed E-state index contributed by atoms with van der Waals surface area (Å²) in [6.45, 7) is 4.06. The van der Waals surface area contributed by atoms with Crippen molar-refractivity contribution in [2.24, 2.45) is 0 Å². The minimum Gasteiger partial charge on any atom is -0.484 e. The Bertz CT molecular complexity index is 1210. The zero-order valence-electron chi connectivity index (χ0n) is 18.8. The van der Waals surface area contributed by atoms with Crippen LogP contribution < -0.4 is 10.1 Å². The molecular formula is C25H27BrN2O4S. The van der Waals surface area contributed by atoms with Crippen LogP contribution in [0.3, 0.4) is 0 Å². The van der Waals surface area contributed by atoms with Gasteiger partial charge in [-0.2, -0.15) is 4.31 Å². The highest BCUT2D eigenvalue weighted by Crippen LogP contribution is 2.26. The van der Waals surface area contributed by atoms with E-state index in [4.69, 9.17) is 4.74 Å². The van der Waals surface area contributed by atoms with Crippen LogP contribution in [-0.2, 0) is 27.8 Å². The number of carbonyl (C=O) groups is 1. The Morgan fingerprint density at radius 1 is 1.06 bits per heavy atom. The van der Waals surface area contributed by atoms with Crippen LogP contribution in [0.2, 0.25) is 0 Å². The molecule has 1 N–H and O–H groups in total. The van der Waals surface area contributed by atoms with E-state index in [0.717, 1.165) is 33.3 Å². The van der Waals surface area contributed by atoms with Gasteiger partial charge in [-0.25, -0.2) is 8.42 Å². The normalized spacial score (nSPS) is 11.4. The highest BCUT2D eigenvalue weighted by atomic mass is 79.9. The smallest absolute Gasteiger partial charge is 0.262 e. The Labute approximate surface area is 203 Å². The summed E-state index contributed by atoms with van der Waals surface area (Å²) < 4.78 is 33.5. The van der Waals surface area contributed by atoms with Gasteiger partial charge in [0.15, 0.2) is 6.61 Å². The Morgan fingerprint density at radius 3 is 2.36 bits per heavy atom. The van der Waals surface area contributed by atoms with Gasteiger partial charge in [0.2, 0.25) is 10.0 Å². The van der Waals surface area contributed by atoms with E-state index in [-0.39, 0.29) is 24.0 Å². The van der Waals surface area contributed by atoms with Crippen LogP contribution in [0.25, 0.3) is 0 Å². The molecule has 0 fully saturated rings. The number of carbonyl (C=O) groups excluding carboxylic acids is 1. The summed E-state index contributed by atoms with van der Waals surface area (Å²) in [5.74, 6) is 0.132. The van der Waals surface area contributed by atoms with Crippen LogP contribution in [0, 0.1) is 6.92 Å². The number of benzene rings is 3. The van der Waals surface area contributed by atoms with E-state index in [1.165, 1.54) is 16.4 Å². The zero-order valence-corrected chi connectivity index (χ0v) is 21.2. The summed E-state index contributed by atoms with van der Waals surface area (Å²) in [4.78, 5) is 12.6. The number of rotatable bonds is 9. The fourth-order valence-corrected chi connectivity index (χ4v) is 5.19. The fourth-order valence-electron chi connectivity index (χ4n) is 3.41. The predicted octanol–water partition coefficient (Wildman–Crippen LogP) is 5.16. The first-order chi connectivity index (χ1) is 15.7. The van der Waals surface area contributed by atoms with E-state index < -0.39 is 10.0 Å². The lowest BCUT2D eigenvalue weighted by Crippen LogP contribution is -2.26. The van der Waals surface area contributed by atoms with Gasteiger partial charge in [-0.15, -0.1) is 0 Å². The predicted molar refractivity (Wildman–Crippen MR) is 134 cm³/mol. The van der Waals surface area contributed by atoms with E-state index in [0.29, 0.717) is 5.75 Å². The Balaban J connectivity index is 1.61. The zero-order chi connectivity index (χ0) is 24.0. The molecule has 0 aliphatic carbocycles. The van der Waals surface area contributed by atoms with E-state index in [1.807, 2.05) is 56.3 Å². The van der Waals surface area contributed by atoms with E-state index in [2.05, 4.69) is 21.2 Å². The molecule has 3 aromatic rings. The average molecular weight is 531 g/mol. The molecule has 3 aromatic carbocycles. The van der Waals surface area contributed by atoms with Crippen molar-refractivity contribution in [2.75, 3.05) is 19.0 Å². The van der Waals surface area contributed by atoms with Crippen molar-refractivity contribution < 1.29 is 17.9 Å². The number of hydrogen-bond acceptors (Lipinski definition) is 4. The van der Waals surface area contributed by atoms with Crippen LogP contribution in [0.1, 0.15) is 23.6 Å². The van der Waals surface area contributed by atoms with Crippen molar-refractivity contribution in [3.05, 3.63) is 87.9 Å². The quantitative estimate of drug-likeness (QED) is 0.414. The lowest BCUT2D eigenvalue weighted by atomic mass is 10.1. The van der Waals surface area contributed by atoms with E-state index >= 15 is 0 Å². The molecule has 0 saturated carbocycles. The largest absolute Gasteiger partial charge is 0.484 e. The molecule has 0 aromatic heterocycles. The van der Waals surface area contributed by atoms with Crippen molar-refractivity contribution >= 4 is 37.5 Å². The first-order valence-corrected chi connectivity index (χ1v) is 12.8. The summed E-state index contributed by atoms with van der Waals surface area (Å²) in [7, 11) is -2.10. The third-order valence-corrected chi connectivity index (χ3v) is 7.45. The van der Waals surface area contributed by atoms with Crippen molar-refractivity contribution in [3.8, 4) is 5.75 Å². The first-order valence-electron chi connectivity index (χ1n) is 10.5. The van der Waals surface area contributed by atoms with Crippen LogP contribution in [0.15, 0.2) is 76.1 Å². The SMILES string of the molecule is CCc1cc(Br)cc(C)c1NC(=O)COc1ccc(S(=O)(=O)N(C)Cc2ccccc2)cc1. The highest BCUT2D eigenvalue weighted by molar-refractivity contribution is 9.10. The molecule has 0 aliphatic heterocycles. The third-order valence-electron chi connectivity index (χ3n) is 5.18. The maximum Gasteiger partial charge on any atom is 0.262 e. The highest BCUT2D eigenvalue weighted by Gasteiger charge is 2.21. The molecule has 0 aliphatic rings. The summed E-state index contributed by atoms with van der Waals surface area (Å²) in [6, 6.07) is 19.4. The maximum absolute atomic E-state index is 12.9. The van der Waals surface area contributed by atoms with Crippen LogP contribution in [0.5, 0.6) is 5.75 Å². The first kappa shape index (κ1) is 25.0. The number of amides is 1. The van der Waals surface area contributed by atoms with Crippen molar-refractivity contribution in [3.63, 3.8) is 0 Å². The molecule has 0 atom stereocenters. The van der Waals surface area contributed by atoms with Gasteiger partial charge in [-0.1, -0.05) is 53.2 Å². The molecule has 33 heavy (non-hydrogen) atoms. The number of nitrogens with zero attached hydrogens (tertiary/aromatic N) is 1. The summed E-state index contributed by atoms with van der Waals surface area (Å²) in [5, 5.41) is 2.91. The number of hydrogen-bond donors (Lipinski definition) is 1. The molecule has 0 heterocycles. The molecule has 174 valence electrons. The lowest BCUT2D eigenvalue weighted by molar-refractivity contribution is -0.118. The molecule has 6 nitrogen and oxygen atoms in total. The number of halogens is 1. The third kappa shape index (κ3) is 6.43. The van der Waals surface area contributed by atoms with Gasteiger partial charge in [-0.05, 0) is 66.4 Å². The molecular weight excluding hydrogens is 504 g/mol. The minimum absolute atomic E-state index is 0.163. The molecule has 0 spiro atoms. The number of nitrogens with one attached hydrogen (secondary N) is 1. The van der Waals surface area contributed by atoms with Gasteiger partial charge in [0.25, 0.3) is 5.91 Å². The summed E-state index contributed by atoms with van der Waals surface area (Å²) in [6.07, 6.45) is 0.783. The van der Waals surface area contributed by atoms with E-state index in [1.54, 1.807) is 19.2 Å². The monoisotopic (exact) mass is 530 g/mol. The lowest BCUT2D eigenvalue weighted by Gasteiger charge is -2.17. The van der Waals surface area contributed by atoms with Crippen LogP contribution in [-0.4, -0.2) is 32.3 Å². The van der Waals surface area contributed by atoms with E-state index in [9.17, 15) is 13.2 Å². The molecule has 1 amide bonds. The second-order valence-corrected chi connectivity index (χ2v) is 10.6. The molecule has 8 heteroatoms. The van der Waals surface area contributed by atoms with Crippen LogP contribution in [0.4, 0.5) is 5.69 Å². The summed E-state index contributed by atoms with van der Waals surface area (Å²) in [5.41, 5.74) is 3.69. The Hall–Kier alpha value is -2.68. The number of anilines is 1. The molecule has 3 rings (SSSR count). The fraction of sp³-hybridized carbons (Fsp3) is 0.240. The van der Waals surface area contributed by atoms with Gasteiger partial charge in [-0.3, -0.25) is 4.79 Å². The van der Waals surface area contributed by atoms with Crippen molar-refractivity contribution in [2.45, 2.75) is 31.7 Å². The number of aryl methyl sites for hydroxylation is 2. The number of sulfonamides is 1. The average Bonchev–Trinajstić information content (AvgIpc) is 2.80. The molecule has 0 radical (unpaired) electrons. The van der Waals surface area contributed by atoms with Crippen molar-refractivity contribution in [1.29, 1.82) is 0 Å².